The minimum absolute atomic E-state index is 0.473. The summed E-state index contributed by atoms with van der Waals surface area (Å²) in [6.45, 7) is 8.59. The number of halogens is 1. The maximum atomic E-state index is 5.75. The molecule has 0 fully saturated rings. The Kier molecular flexibility index (Phi) is 6.11. The summed E-state index contributed by atoms with van der Waals surface area (Å²) in [4.78, 5) is 10.3. The lowest BCUT2D eigenvalue weighted by Gasteiger charge is -2.17. The van der Waals surface area contributed by atoms with Crippen LogP contribution in [-0.2, 0) is 0 Å². The fourth-order valence-electron chi connectivity index (χ4n) is 1.49. The SMILES string of the molecule is CCN(CC)CCCNc1cc(Cl)ncn1. The summed E-state index contributed by atoms with van der Waals surface area (Å²) in [7, 11) is 0. The van der Waals surface area contributed by atoms with Gasteiger partial charge in [-0.2, -0.15) is 0 Å². The van der Waals surface area contributed by atoms with Crippen LogP contribution in [0.2, 0.25) is 5.15 Å². The molecule has 0 atom stereocenters. The van der Waals surface area contributed by atoms with Gasteiger partial charge in [0.05, 0.1) is 0 Å². The molecule has 1 N–H and O–H groups in total. The van der Waals surface area contributed by atoms with E-state index in [9.17, 15) is 0 Å². The molecule has 0 saturated heterocycles. The number of aromatic nitrogens is 2. The predicted molar refractivity (Wildman–Crippen MR) is 67.9 cm³/mol. The van der Waals surface area contributed by atoms with Crippen molar-refractivity contribution in [1.29, 1.82) is 0 Å². The summed E-state index contributed by atoms with van der Waals surface area (Å²) in [5, 5.41) is 3.70. The molecule has 0 aliphatic rings. The molecular formula is C11H19ClN4. The number of nitrogens with one attached hydrogen (secondary N) is 1. The van der Waals surface area contributed by atoms with Gasteiger partial charge >= 0.3 is 0 Å². The highest BCUT2D eigenvalue weighted by Gasteiger charge is 1.99. The summed E-state index contributed by atoms with van der Waals surface area (Å²) in [5.74, 6) is 0.791. The number of nitrogens with zero attached hydrogens (tertiary/aromatic N) is 3. The zero-order chi connectivity index (χ0) is 11.8. The summed E-state index contributed by atoms with van der Waals surface area (Å²) >= 11 is 5.75. The third-order valence-electron chi connectivity index (χ3n) is 2.49. The molecule has 0 amide bonds. The van der Waals surface area contributed by atoms with Crippen LogP contribution < -0.4 is 5.32 Å². The molecule has 0 aliphatic heterocycles. The highest BCUT2D eigenvalue weighted by Crippen LogP contribution is 2.08. The van der Waals surface area contributed by atoms with Gasteiger partial charge < -0.3 is 10.2 Å². The first kappa shape index (κ1) is 13.2. The van der Waals surface area contributed by atoms with E-state index in [1.165, 1.54) is 6.33 Å². The van der Waals surface area contributed by atoms with Crippen molar-refractivity contribution in [2.75, 3.05) is 31.5 Å². The Balaban J connectivity index is 2.20. The van der Waals surface area contributed by atoms with Crippen molar-refractivity contribution >= 4 is 17.4 Å². The molecule has 1 aromatic rings. The van der Waals surface area contributed by atoms with Gasteiger partial charge in [0.25, 0.3) is 0 Å². The minimum Gasteiger partial charge on any atom is -0.370 e. The lowest BCUT2D eigenvalue weighted by Crippen LogP contribution is -2.25. The summed E-state index contributed by atoms with van der Waals surface area (Å²) < 4.78 is 0. The van der Waals surface area contributed by atoms with Crippen LogP contribution in [0.1, 0.15) is 20.3 Å². The third-order valence-corrected chi connectivity index (χ3v) is 2.69. The smallest absolute Gasteiger partial charge is 0.134 e. The van der Waals surface area contributed by atoms with E-state index in [4.69, 9.17) is 11.6 Å². The average Bonchev–Trinajstić information content (AvgIpc) is 2.29. The maximum absolute atomic E-state index is 5.75. The van der Waals surface area contributed by atoms with Crippen molar-refractivity contribution < 1.29 is 0 Å². The van der Waals surface area contributed by atoms with Crippen molar-refractivity contribution in [3.63, 3.8) is 0 Å². The van der Waals surface area contributed by atoms with Crippen LogP contribution in [0.25, 0.3) is 0 Å². The quantitative estimate of drug-likeness (QED) is 0.588. The number of hydrogen-bond donors (Lipinski definition) is 1. The Morgan fingerprint density at radius 2 is 2.06 bits per heavy atom. The molecule has 0 saturated carbocycles. The predicted octanol–water partition coefficient (Wildman–Crippen LogP) is 2.27. The van der Waals surface area contributed by atoms with Gasteiger partial charge in [0.15, 0.2) is 0 Å². The normalized spacial score (nSPS) is 10.8. The van der Waals surface area contributed by atoms with Crippen molar-refractivity contribution in [2.45, 2.75) is 20.3 Å². The highest BCUT2D eigenvalue weighted by atomic mass is 35.5. The fraction of sp³-hybridized carbons (Fsp3) is 0.636. The molecular weight excluding hydrogens is 224 g/mol. The van der Waals surface area contributed by atoms with Crippen LogP contribution in [0.4, 0.5) is 5.82 Å². The van der Waals surface area contributed by atoms with Crippen molar-refractivity contribution in [2.24, 2.45) is 0 Å². The molecule has 0 unspecified atom stereocenters. The number of rotatable bonds is 7. The monoisotopic (exact) mass is 242 g/mol. The second-order valence-corrected chi connectivity index (χ2v) is 3.92. The van der Waals surface area contributed by atoms with E-state index in [1.807, 2.05) is 0 Å². The number of hydrogen-bond acceptors (Lipinski definition) is 4. The topological polar surface area (TPSA) is 41.0 Å². The van der Waals surface area contributed by atoms with Gasteiger partial charge in [-0.25, -0.2) is 9.97 Å². The third kappa shape index (κ3) is 4.77. The Labute approximate surface area is 102 Å². The van der Waals surface area contributed by atoms with Gasteiger partial charge in [-0.1, -0.05) is 25.4 Å². The van der Waals surface area contributed by atoms with E-state index in [0.717, 1.165) is 38.4 Å². The Bertz CT molecular complexity index is 302. The molecule has 0 aromatic carbocycles. The lowest BCUT2D eigenvalue weighted by molar-refractivity contribution is 0.303. The van der Waals surface area contributed by atoms with Crippen LogP contribution in [0.15, 0.2) is 12.4 Å². The average molecular weight is 243 g/mol. The second kappa shape index (κ2) is 7.41. The second-order valence-electron chi connectivity index (χ2n) is 3.53. The first-order chi connectivity index (χ1) is 7.76. The zero-order valence-electron chi connectivity index (χ0n) is 9.91. The fourth-order valence-corrected chi connectivity index (χ4v) is 1.64. The van der Waals surface area contributed by atoms with Crippen LogP contribution in [0.5, 0.6) is 0 Å². The molecule has 1 heterocycles. The van der Waals surface area contributed by atoms with E-state index in [1.54, 1.807) is 6.07 Å². The Morgan fingerprint density at radius 1 is 1.31 bits per heavy atom. The summed E-state index contributed by atoms with van der Waals surface area (Å²) in [6, 6.07) is 1.74. The van der Waals surface area contributed by atoms with Crippen molar-refractivity contribution in [3.05, 3.63) is 17.5 Å². The highest BCUT2D eigenvalue weighted by molar-refractivity contribution is 6.29. The van der Waals surface area contributed by atoms with Crippen LogP contribution in [0.3, 0.4) is 0 Å². The van der Waals surface area contributed by atoms with E-state index < -0.39 is 0 Å². The molecule has 0 radical (unpaired) electrons. The van der Waals surface area contributed by atoms with E-state index >= 15 is 0 Å². The van der Waals surface area contributed by atoms with Gasteiger partial charge in [-0.05, 0) is 26.1 Å². The molecule has 1 rings (SSSR count). The zero-order valence-corrected chi connectivity index (χ0v) is 10.7. The van der Waals surface area contributed by atoms with Crippen LogP contribution >= 0.6 is 11.6 Å². The van der Waals surface area contributed by atoms with E-state index in [0.29, 0.717) is 5.15 Å². The molecule has 4 nitrogen and oxygen atoms in total. The Morgan fingerprint density at radius 3 is 2.69 bits per heavy atom. The van der Waals surface area contributed by atoms with Gasteiger partial charge in [-0.3, -0.25) is 0 Å². The molecule has 5 heteroatoms. The molecule has 16 heavy (non-hydrogen) atoms. The van der Waals surface area contributed by atoms with E-state index in [-0.39, 0.29) is 0 Å². The molecule has 0 bridgehead atoms. The molecule has 90 valence electrons. The maximum Gasteiger partial charge on any atom is 0.134 e. The van der Waals surface area contributed by atoms with Gasteiger partial charge in [0.1, 0.15) is 17.3 Å². The molecule has 1 aromatic heterocycles. The molecule has 0 spiro atoms. The Hall–Kier alpha value is -0.870. The summed E-state index contributed by atoms with van der Waals surface area (Å²) in [5.41, 5.74) is 0. The summed E-state index contributed by atoms with van der Waals surface area (Å²) in [6.07, 6.45) is 2.57. The van der Waals surface area contributed by atoms with Gasteiger partial charge in [0, 0.05) is 12.6 Å². The first-order valence-corrected chi connectivity index (χ1v) is 6.07. The first-order valence-electron chi connectivity index (χ1n) is 5.70. The molecule has 0 aliphatic carbocycles. The number of anilines is 1. The van der Waals surface area contributed by atoms with Gasteiger partial charge in [0.2, 0.25) is 0 Å². The standard InChI is InChI=1S/C11H19ClN4/c1-3-16(4-2)7-5-6-13-11-8-10(12)14-9-15-11/h8-9H,3-7H2,1-2H3,(H,13,14,15). The van der Waals surface area contributed by atoms with Crippen LogP contribution in [0, 0.1) is 0 Å². The van der Waals surface area contributed by atoms with Crippen molar-refractivity contribution in [1.82, 2.24) is 14.9 Å². The minimum atomic E-state index is 0.473. The lowest BCUT2D eigenvalue weighted by atomic mass is 10.3. The van der Waals surface area contributed by atoms with Gasteiger partial charge in [-0.15, -0.1) is 0 Å². The van der Waals surface area contributed by atoms with Crippen molar-refractivity contribution in [3.8, 4) is 0 Å². The largest absolute Gasteiger partial charge is 0.370 e. The van der Waals surface area contributed by atoms with Crippen LogP contribution in [-0.4, -0.2) is 41.0 Å². The van der Waals surface area contributed by atoms with E-state index in [2.05, 4.69) is 34.0 Å².